The molecule has 0 spiro atoms. The molecule has 1 amide bonds. The van der Waals surface area contributed by atoms with Crippen LogP contribution in [0.3, 0.4) is 0 Å². The molecule has 1 saturated heterocycles. The predicted octanol–water partition coefficient (Wildman–Crippen LogP) is 3.28. The van der Waals surface area contributed by atoms with Crippen LogP contribution < -0.4 is 5.32 Å². The van der Waals surface area contributed by atoms with E-state index in [9.17, 15) is 17.6 Å². The molecule has 0 unspecified atom stereocenters. The average Bonchev–Trinajstić information content (AvgIpc) is 2.73. The number of amides is 1. The summed E-state index contributed by atoms with van der Waals surface area (Å²) in [5, 5.41) is 2.92. The van der Waals surface area contributed by atoms with Crippen molar-refractivity contribution in [3.63, 3.8) is 0 Å². The van der Waals surface area contributed by atoms with Gasteiger partial charge in [-0.15, -0.1) is 0 Å². The number of benzene rings is 2. The summed E-state index contributed by atoms with van der Waals surface area (Å²) < 4.78 is 40.2. The van der Waals surface area contributed by atoms with Crippen molar-refractivity contribution in [1.82, 2.24) is 9.21 Å². The smallest absolute Gasteiger partial charge is 0.243 e. The van der Waals surface area contributed by atoms with Crippen LogP contribution in [0.4, 0.5) is 10.1 Å². The quantitative estimate of drug-likeness (QED) is 0.759. The number of piperazine rings is 1. The highest BCUT2D eigenvalue weighted by molar-refractivity contribution is 7.89. The van der Waals surface area contributed by atoms with Gasteiger partial charge in [0.2, 0.25) is 15.9 Å². The monoisotopic (exact) mass is 433 g/mol. The molecule has 6 nitrogen and oxygen atoms in total. The second kappa shape index (κ2) is 9.24. The first-order valence-corrected chi connectivity index (χ1v) is 11.5. The van der Waals surface area contributed by atoms with Crippen molar-refractivity contribution >= 4 is 21.6 Å². The van der Waals surface area contributed by atoms with Crippen molar-refractivity contribution in [3.05, 3.63) is 59.9 Å². The summed E-state index contributed by atoms with van der Waals surface area (Å²) in [6, 6.07) is 12.4. The summed E-state index contributed by atoms with van der Waals surface area (Å²) in [5.41, 5.74) is 1.94. The molecule has 0 radical (unpaired) electrons. The molecule has 0 saturated carbocycles. The molecule has 1 fully saturated rings. The molecule has 2 aromatic carbocycles. The number of carbonyl (C=O) groups excluding carboxylic acids is 1. The standard InChI is InChI=1S/C22H28FN3O3S/c1-16(2)18-7-9-20(10-8-18)24-22(27)17(3)25-11-13-26(14-12-25)30(28,29)21-6-4-5-19(23)15-21/h4-10,15-17H,11-14H2,1-3H3,(H,24,27)/t17-/m1/s1. The number of hydrogen-bond acceptors (Lipinski definition) is 4. The van der Waals surface area contributed by atoms with Crippen LogP contribution in [0.2, 0.25) is 0 Å². The largest absolute Gasteiger partial charge is 0.325 e. The van der Waals surface area contributed by atoms with Crippen LogP contribution in [0, 0.1) is 5.82 Å². The SMILES string of the molecule is CC(C)c1ccc(NC(=O)[C@@H](C)N2CCN(S(=O)(=O)c3cccc(F)c3)CC2)cc1. The van der Waals surface area contributed by atoms with Gasteiger partial charge in [-0.2, -0.15) is 4.31 Å². The van der Waals surface area contributed by atoms with Gasteiger partial charge in [-0.25, -0.2) is 12.8 Å². The fraction of sp³-hybridized carbons (Fsp3) is 0.409. The van der Waals surface area contributed by atoms with Crippen LogP contribution in [0.15, 0.2) is 53.4 Å². The van der Waals surface area contributed by atoms with Crippen LogP contribution in [0.5, 0.6) is 0 Å². The zero-order valence-electron chi connectivity index (χ0n) is 17.5. The van der Waals surface area contributed by atoms with Gasteiger partial charge in [0.15, 0.2) is 0 Å². The van der Waals surface area contributed by atoms with E-state index in [-0.39, 0.29) is 23.9 Å². The van der Waals surface area contributed by atoms with Crippen LogP contribution >= 0.6 is 0 Å². The van der Waals surface area contributed by atoms with Crippen molar-refractivity contribution in [2.75, 3.05) is 31.5 Å². The predicted molar refractivity (Wildman–Crippen MR) is 115 cm³/mol. The van der Waals surface area contributed by atoms with Gasteiger partial charge in [-0.3, -0.25) is 9.69 Å². The second-order valence-electron chi connectivity index (χ2n) is 7.84. The summed E-state index contributed by atoms with van der Waals surface area (Å²) in [7, 11) is -3.75. The Morgan fingerprint density at radius 1 is 1.00 bits per heavy atom. The van der Waals surface area contributed by atoms with E-state index in [0.717, 1.165) is 11.8 Å². The maximum absolute atomic E-state index is 13.4. The van der Waals surface area contributed by atoms with Gasteiger partial charge in [0.05, 0.1) is 10.9 Å². The van der Waals surface area contributed by atoms with Crippen LogP contribution in [-0.2, 0) is 14.8 Å². The minimum absolute atomic E-state index is 0.0495. The van der Waals surface area contributed by atoms with Crippen LogP contribution in [0.25, 0.3) is 0 Å². The van der Waals surface area contributed by atoms with Crippen molar-refractivity contribution in [2.45, 2.75) is 37.6 Å². The van der Waals surface area contributed by atoms with Gasteiger partial charge < -0.3 is 5.32 Å². The second-order valence-corrected chi connectivity index (χ2v) is 9.78. The Morgan fingerprint density at radius 3 is 2.20 bits per heavy atom. The number of rotatable bonds is 6. The molecule has 0 aromatic heterocycles. The van der Waals surface area contributed by atoms with Crippen molar-refractivity contribution in [1.29, 1.82) is 0 Å². The van der Waals surface area contributed by atoms with Gasteiger partial charge in [0.1, 0.15) is 5.82 Å². The average molecular weight is 434 g/mol. The number of anilines is 1. The zero-order valence-corrected chi connectivity index (χ0v) is 18.3. The Labute approximate surface area is 177 Å². The minimum atomic E-state index is -3.75. The van der Waals surface area contributed by atoms with Crippen molar-refractivity contribution in [3.8, 4) is 0 Å². The molecule has 162 valence electrons. The topological polar surface area (TPSA) is 69.7 Å². The fourth-order valence-electron chi connectivity index (χ4n) is 3.47. The lowest BCUT2D eigenvalue weighted by molar-refractivity contribution is -0.121. The lowest BCUT2D eigenvalue weighted by Gasteiger charge is -2.36. The molecule has 0 aliphatic carbocycles. The van der Waals surface area contributed by atoms with Gasteiger partial charge in [-0.05, 0) is 48.7 Å². The summed E-state index contributed by atoms with van der Waals surface area (Å²) in [4.78, 5) is 14.5. The summed E-state index contributed by atoms with van der Waals surface area (Å²) in [6.45, 7) is 7.39. The molecule has 8 heteroatoms. The molecular weight excluding hydrogens is 405 g/mol. The molecule has 30 heavy (non-hydrogen) atoms. The minimum Gasteiger partial charge on any atom is -0.325 e. The Balaban J connectivity index is 1.58. The number of nitrogens with one attached hydrogen (secondary N) is 1. The first-order valence-electron chi connectivity index (χ1n) is 10.1. The third-order valence-electron chi connectivity index (χ3n) is 5.48. The van der Waals surface area contributed by atoms with E-state index in [2.05, 4.69) is 19.2 Å². The summed E-state index contributed by atoms with van der Waals surface area (Å²) >= 11 is 0. The zero-order chi connectivity index (χ0) is 21.9. The molecule has 1 aliphatic rings. The fourth-order valence-corrected chi connectivity index (χ4v) is 4.93. The van der Waals surface area contributed by atoms with Gasteiger partial charge in [-0.1, -0.05) is 32.0 Å². The highest BCUT2D eigenvalue weighted by Gasteiger charge is 2.32. The first kappa shape index (κ1) is 22.4. The maximum atomic E-state index is 13.4. The molecule has 1 N–H and O–H groups in total. The molecule has 1 aliphatic heterocycles. The Bertz CT molecular complexity index is 985. The van der Waals surface area contributed by atoms with E-state index in [1.807, 2.05) is 36.1 Å². The molecule has 1 heterocycles. The number of halogens is 1. The summed E-state index contributed by atoms with van der Waals surface area (Å²) in [5.74, 6) is -0.288. The Hall–Kier alpha value is -2.29. The van der Waals surface area contributed by atoms with E-state index in [0.29, 0.717) is 19.0 Å². The third-order valence-corrected chi connectivity index (χ3v) is 7.37. The normalized spacial score (nSPS) is 17.1. The van der Waals surface area contributed by atoms with E-state index < -0.39 is 21.9 Å². The van der Waals surface area contributed by atoms with Crippen LogP contribution in [0.1, 0.15) is 32.3 Å². The lowest BCUT2D eigenvalue weighted by atomic mass is 10.0. The van der Waals surface area contributed by atoms with Crippen molar-refractivity contribution in [2.24, 2.45) is 0 Å². The molecule has 3 rings (SSSR count). The van der Waals surface area contributed by atoms with Crippen LogP contribution in [-0.4, -0.2) is 55.8 Å². The summed E-state index contributed by atoms with van der Waals surface area (Å²) in [6.07, 6.45) is 0. The van der Waals surface area contributed by atoms with Gasteiger partial charge in [0.25, 0.3) is 0 Å². The number of nitrogens with zero attached hydrogens (tertiary/aromatic N) is 2. The van der Waals surface area contributed by atoms with E-state index in [1.54, 1.807) is 0 Å². The Morgan fingerprint density at radius 2 is 1.63 bits per heavy atom. The van der Waals surface area contributed by atoms with Crippen molar-refractivity contribution < 1.29 is 17.6 Å². The van der Waals surface area contributed by atoms with Gasteiger partial charge in [0, 0.05) is 31.9 Å². The van der Waals surface area contributed by atoms with E-state index >= 15 is 0 Å². The highest BCUT2D eigenvalue weighted by Crippen LogP contribution is 2.20. The molecule has 0 bridgehead atoms. The van der Waals surface area contributed by atoms with E-state index in [4.69, 9.17) is 0 Å². The lowest BCUT2D eigenvalue weighted by Crippen LogP contribution is -2.53. The van der Waals surface area contributed by atoms with Gasteiger partial charge >= 0.3 is 0 Å². The maximum Gasteiger partial charge on any atom is 0.243 e. The Kier molecular flexibility index (Phi) is 6.90. The number of sulfonamides is 1. The number of carbonyl (C=O) groups is 1. The highest BCUT2D eigenvalue weighted by atomic mass is 32.2. The first-order chi connectivity index (χ1) is 14.2. The number of hydrogen-bond donors (Lipinski definition) is 1. The molecular formula is C22H28FN3O3S. The third kappa shape index (κ3) is 5.06. The van der Waals surface area contributed by atoms with E-state index in [1.165, 1.54) is 28.1 Å². The molecule has 1 atom stereocenters. The molecule has 2 aromatic rings.